The Morgan fingerprint density at radius 3 is 2.62 bits per heavy atom. The maximum Gasteiger partial charge on any atom is 0.317 e. The number of carbonyl (C=O) groups is 3. The molecule has 0 saturated carbocycles. The number of Topliss-reactive ketones (excluding diaryl/α,β-unsaturated/α-hetero) is 1. The van der Waals surface area contributed by atoms with E-state index in [4.69, 9.17) is 4.74 Å². The molecular weight excluding hydrogens is 435 g/mol. The van der Waals surface area contributed by atoms with Crippen LogP contribution in [0.1, 0.15) is 24.2 Å². The Morgan fingerprint density at radius 1 is 1.16 bits per heavy atom. The van der Waals surface area contributed by atoms with Crippen molar-refractivity contribution in [1.82, 2.24) is 14.8 Å². The third-order valence-electron chi connectivity index (χ3n) is 4.48. The van der Waals surface area contributed by atoms with Gasteiger partial charge in [0.2, 0.25) is 0 Å². The number of carbonyl (C=O) groups excluding carboxylic acids is 3. The van der Waals surface area contributed by atoms with Gasteiger partial charge in [-0.2, -0.15) is 0 Å². The number of benzene rings is 2. The van der Waals surface area contributed by atoms with Gasteiger partial charge in [0.15, 0.2) is 22.9 Å². The highest BCUT2D eigenvalue weighted by molar-refractivity contribution is 7.99. The molecule has 0 spiro atoms. The number of amides is 1. The van der Waals surface area contributed by atoms with Crippen LogP contribution >= 0.6 is 11.8 Å². The van der Waals surface area contributed by atoms with Crippen LogP contribution in [0.2, 0.25) is 0 Å². The number of anilines is 1. The Hall–Kier alpha value is -3.53. The third kappa shape index (κ3) is 5.58. The van der Waals surface area contributed by atoms with Crippen molar-refractivity contribution >= 4 is 35.1 Å². The average molecular weight is 456 g/mol. The van der Waals surface area contributed by atoms with Crippen LogP contribution < -0.4 is 5.32 Å². The number of ether oxygens (including phenoxy) is 1. The van der Waals surface area contributed by atoms with E-state index in [1.54, 1.807) is 54.1 Å². The minimum atomic E-state index is -1.04. The summed E-state index contributed by atoms with van der Waals surface area (Å²) in [6.45, 7) is 2.88. The molecule has 0 radical (unpaired) electrons. The SMILES string of the molecule is CC(=O)c1cccc(NC(=O)[C@@H](C)OC(=O)CSc2nnc(-c3ccccc3F)n2C)c1. The number of esters is 1. The number of ketones is 1. The molecule has 0 bridgehead atoms. The first-order valence-corrected chi connectivity index (χ1v) is 10.6. The summed E-state index contributed by atoms with van der Waals surface area (Å²) < 4.78 is 20.8. The highest BCUT2D eigenvalue weighted by Crippen LogP contribution is 2.24. The van der Waals surface area contributed by atoms with Crippen molar-refractivity contribution in [3.63, 3.8) is 0 Å². The zero-order valence-electron chi connectivity index (χ0n) is 17.7. The molecule has 3 rings (SSSR count). The van der Waals surface area contributed by atoms with E-state index >= 15 is 0 Å². The third-order valence-corrected chi connectivity index (χ3v) is 5.48. The summed E-state index contributed by atoms with van der Waals surface area (Å²) in [7, 11) is 1.67. The molecule has 3 aromatic rings. The van der Waals surface area contributed by atoms with E-state index in [1.807, 2.05) is 0 Å². The van der Waals surface area contributed by atoms with Crippen LogP contribution in [-0.4, -0.2) is 44.3 Å². The zero-order valence-corrected chi connectivity index (χ0v) is 18.5. The second-order valence-corrected chi connectivity index (χ2v) is 7.83. The minimum Gasteiger partial charge on any atom is -0.452 e. The molecule has 1 amide bonds. The first-order chi connectivity index (χ1) is 15.3. The molecule has 0 saturated heterocycles. The van der Waals surface area contributed by atoms with Crippen LogP contribution in [0.3, 0.4) is 0 Å². The lowest BCUT2D eigenvalue weighted by molar-refractivity contribution is -0.150. The molecular formula is C22H21FN4O4S. The molecule has 1 heterocycles. The summed E-state index contributed by atoms with van der Waals surface area (Å²) in [5.74, 6) is -1.47. The fraction of sp³-hybridized carbons (Fsp3) is 0.227. The molecule has 0 fully saturated rings. The molecule has 1 N–H and O–H groups in total. The molecule has 166 valence electrons. The zero-order chi connectivity index (χ0) is 23.3. The predicted octanol–water partition coefficient (Wildman–Crippen LogP) is 3.49. The van der Waals surface area contributed by atoms with E-state index < -0.39 is 23.8 Å². The summed E-state index contributed by atoms with van der Waals surface area (Å²) in [5.41, 5.74) is 1.19. The second kappa shape index (κ2) is 10.2. The van der Waals surface area contributed by atoms with Gasteiger partial charge in [-0.05, 0) is 38.1 Å². The molecule has 8 nitrogen and oxygen atoms in total. The molecule has 32 heavy (non-hydrogen) atoms. The Balaban J connectivity index is 1.55. The summed E-state index contributed by atoms with van der Waals surface area (Å²) in [5, 5.41) is 11.0. The molecule has 0 aliphatic rings. The standard InChI is InChI=1S/C22H21FN4O4S/c1-13(28)15-7-6-8-16(11-15)24-21(30)14(2)31-19(29)12-32-22-26-25-20(27(22)3)17-9-4-5-10-18(17)23/h4-11,14H,12H2,1-3H3,(H,24,30)/t14-/m1/s1. The monoisotopic (exact) mass is 456 g/mol. The number of rotatable bonds is 8. The van der Waals surface area contributed by atoms with Crippen LogP contribution in [-0.2, 0) is 21.4 Å². The summed E-state index contributed by atoms with van der Waals surface area (Å²) in [6.07, 6.45) is -1.04. The van der Waals surface area contributed by atoms with Gasteiger partial charge in [0, 0.05) is 18.3 Å². The van der Waals surface area contributed by atoms with Crippen LogP contribution in [0, 0.1) is 5.82 Å². The van der Waals surface area contributed by atoms with Crippen LogP contribution in [0.5, 0.6) is 0 Å². The lowest BCUT2D eigenvalue weighted by Crippen LogP contribution is -2.30. The van der Waals surface area contributed by atoms with Gasteiger partial charge in [0.05, 0.1) is 11.3 Å². The van der Waals surface area contributed by atoms with E-state index in [1.165, 1.54) is 19.9 Å². The highest BCUT2D eigenvalue weighted by atomic mass is 32.2. The quantitative estimate of drug-likeness (QED) is 0.314. The highest BCUT2D eigenvalue weighted by Gasteiger charge is 2.20. The van der Waals surface area contributed by atoms with Gasteiger partial charge in [-0.15, -0.1) is 10.2 Å². The van der Waals surface area contributed by atoms with Gasteiger partial charge in [-0.1, -0.05) is 36.0 Å². The maximum atomic E-state index is 14.0. The van der Waals surface area contributed by atoms with Crippen molar-refractivity contribution in [3.05, 3.63) is 59.9 Å². The van der Waals surface area contributed by atoms with Crippen LogP contribution in [0.4, 0.5) is 10.1 Å². The van der Waals surface area contributed by atoms with Gasteiger partial charge in [0.25, 0.3) is 5.91 Å². The molecule has 0 unspecified atom stereocenters. The Bertz CT molecular complexity index is 1160. The minimum absolute atomic E-state index is 0.110. The van der Waals surface area contributed by atoms with Crippen molar-refractivity contribution in [2.45, 2.75) is 25.1 Å². The van der Waals surface area contributed by atoms with Crippen molar-refractivity contribution in [3.8, 4) is 11.4 Å². The van der Waals surface area contributed by atoms with Gasteiger partial charge in [-0.25, -0.2) is 4.39 Å². The van der Waals surface area contributed by atoms with E-state index in [0.717, 1.165) is 11.8 Å². The number of thioether (sulfide) groups is 1. The molecule has 0 aliphatic heterocycles. The molecule has 2 aromatic carbocycles. The van der Waals surface area contributed by atoms with Crippen LogP contribution in [0.15, 0.2) is 53.7 Å². The molecule has 10 heteroatoms. The molecule has 0 aliphatic carbocycles. The number of aromatic nitrogens is 3. The smallest absolute Gasteiger partial charge is 0.317 e. The molecule has 1 atom stereocenters. The number of hydrogen-bond acceptors (Lipinski definition) is 7. The summed E-state index contributed by atoms with van der Waals surface area (Å²) in [6, 6.07) is 12.7. The van der Waals surface area contributed by atoms with Crippen molar-refractivity contribution < 1.29 is 23.5 Å². The van der Waals surface area contributed by atoms with Gasteiger partial charge in [0.1, 0.15) is 5.82 Å². The van der Waals surface area contributed by atoms with Gasteiger partial charge < -0.3 is 14.6 Å². The van der Waals surface area contributed by atoms with Crippen molar-refractivity contribution in [2.75, 3.05) is 11.1 Å². The predicted molar refractivity (Wildman–Crippen MR) is 118 cm³/mol. The largest absolute Gasteiger partial charge is 0.452 e. The van der Waals surface area contributed by atoms with E-state index in [-0.39, 0.29) is 11.5 Å². The lowest BCUT2D eigenvalue weighted by Gasteiger charge is -2.13. The normalized spacial score (nSPS) is 11.6. The van der Waals surface area contributed by atoms with Gasteiger partial charge >= 0.3 is 5.97 Å². The van der Waals surface area contributed by atoms with E-state index in [9.17, 15) is 18.8 Å². The average Bonchev–Trinajstić information content (AvgIpc) is 3.12. The topological polar surface area (TPSA) is 103 Å². The Morgan fingerprint density at radius 2 is 1.91 bits per heavy atom. The van der Waals surface area contributed by atoms with E-state index in [2.05, 4.69) is 15.5 Å². The second-order valence-electron chi connectivity index (χ2n) is 6.89. The maximum absolute atomic E-state index is 14.0. The first-order valence-electron chi connectivity index (χ1n) is 9.64. The molecule has 1 aromatic heterocycles. The summed E-state index contributed by atoms with van der Waals surface area (Å²) >= 11 is 1.06. The number of nitrogens with zero attached hydrogens (tertiary/aromatic N) is 3. The number of halogens is 1. The Labute approximate surface area is 188 Å². The summed E-state index contributed by atoms with van der Waals surface area (Å²) in [4.78, 5) is 36.0. The fourth-order valence-corrected chi connectivity index (χ4v) is 3.48. The van der Waals surface area contributed by atoms with E-state index in [0.29, 0.717) is 27.8 Å². The fourth-order valence-electron chi connectivity index (χ4n) is 2.79. The first kappa shape index (κ1) is 23.1. The van der Waals surface area contributed by atoms with Crippen molar-refractivity contribution in [1.29, 1.82) is 0 Å². The van der Waals surface area contributed by atoms with Crippen LogP contribution in [0.25, 0.3) is 11.4 Å². The lowest BCUT2D eigenvalue weighted by atomic mass is 10.1. The number of nitrogens with one attached hydrogen (secondary N) is 1. The van der Waals surface area contributed by atoms with Gasteiger partial charge in [-0.3, -0.25) is 14.4 Å². The van der Waals surface area contributed by atoms with Crippen molar-refractivity contribution in [2.24, 2.45) is 7.05 Å². The Kier molecular flexibility index (Phi) is 7.37. The number of hydrogen-bond donors (Lipinski definition) is 1.